The van der Waals surface area contributed by atoms with E-state index in [1.165, 1.54) is 48.3 Å². The average Bonchev–Trinajstić information content (AvgIpc) is 2.66. The topological polar surface area (TPSA) is 110 Å². The van der Waals surface area contributed by atoms with Gasteiger partial charge in [-0.1, -0.05) is 12.1 Å². The van der Waals surface area contributed by atoms with E-state index in [2.05, 4.69) is 4.72 Å². The minimum absolute atomic E-state index is 0.0446. The third-order valence-corrected chi connectivity index (χ3v) is 5.58. The van der Waals surface area contributed by atoms with Crippen molar-refractivity contribution in [2.45, 2.75) is 17.9 Å². The van der Waals surface area contributed by atoms with Gasteiger partial charge in [0.2, 0.25) is 10.0 Å². The molecule has 0 bridgehead atoms. The molecule has 2 rings (SSSR count). The summed E-state index contributed by atoms with van der Waals surface area (Å²) < 4.78 is 25.7. The number of hydrogen-bond donors (Lipinski definition) is 1. The summed E-state index contributed by atoms with van der Waals surface area (Å²) in [7, 11) is -0.676. The van der Waals surface area contributed by atoms with E-state index in [0.717, 1.165) is 0 Å². The number of benzene rings is 2. The van der Waals surface area contributed by atoms with Crippen molar-refractivity contribution >= 4 is 21.6 Å². The molecule has 0 aliphatic heterocycles. The van der Waals surface area contributed by atoms with E-state index in [9.17, 15) is 23.3 Å². The maximum absolute atomic E-state index is 12.6. The molecule has 1 amide bonds. The molecule has 0 saturated carbocycles. The number of nitro benzene ring substituents is 1. The number of nitrogens with one attached hydrogen (secondary N) is 1. The van der Waals surface area contributed by atoms with Crippen LogP contribution in [0.4, 0.5) is 5.69 Å². The molecule has 0 heterocycles. The van der Waals surface area contributed by atoms with Gasteiger partial charge >= 0.3 is 0 Å². The maximum atomic E-state index is 12.6. The van der Waals surface area contributed by atoms with Gasteiger partial charge in [-0.25, -0.2) is 13.1 Å². The third kappa shape index (κ3) is 4.06. The van der Waals surface area contributed by atoms with Crippen LogP contribution in [-0.4, -0.2) is 38.2 Å². The summed E-state index contributed by atoms with van der Waals surface area (Å²) in [5, 5.41) is 10.9. The molecule has 26 heavy (non-hydrogen) atoms. The van der Waals surface area contributed by atoms with Gasteiger partial charge < -0.3 is 4.90 Å². The van der Waals surface area contributed by atoms with Gasteiger partial charge in [-0.2, -0.15) is 0 Å². The SMILES string of the molecule is CNS(=O)(=O)c1ccc(C(=O)N(C)C(C)c2cccc([N+](=O)[O-])c2)cc1. The Morgan fingerprint density at radius 3 is 2.35 bits per heavy atom. The Morgan fingerprint density at radius 1 is 1.19 bits per heavy atom. The minimum atomic E-state index is -3.57. The Labute approximate surface area is 151 Å². The maximum Gasteiger partial charge on any atom is 0.269 e. The lowest BCUT2D eigenvalue weighted by Gasteiger charge is -2.25. The summed E-state index contributed by atoms with van der Waals surface area (Å²) >= 11 is 0. The first-order valence-corrected chi connectivity index (χ1v) is 9.21. The molecule has 0 radical (unpaired) electrons. The lowest BCUT2D eigenvalue weighted by atomic mass is 10.1. The third-order valence-electron chi connectivity index (χ3n) is 4.15. The molecule has 2 aromatic carbocycles. The lowest BCUT2D eigenvalue weighted by Crippen LogP contribution is -2.29. The van der Waals surface area contributed by atoms with Crippen LogP contribution in [-0.2, 0) is 10.0 Å². The molecule has 1 unspecified atom stereocenters. The summed E-state index contributed by atoms with van der Waals surface area (Å²) in [5.74, 6) is -0.322. The zero-order valence-electron chi connectivity index (χ0n) is 14.5. The van der Waals surface area contributed by atoms with Crippen LogP contribution >= 0.6 is 0 Å². The van der Waals surface area contributed by atoms with E-state index in [1.807, 2.05) is 0 Å². The zero-order valence-corrected chi connectivity index (χ0v) is 15.4. The van der Waals surface area contributed by atoms with Gasteiger partial charge in [0, 0.05) is 24.7 Å². The molecule has 2 aromatic rings. The van der Waals surface area contributed by atoms with Gasteiger partial charge in [0.05, 0.1) is 15.9 Å². The van der Waals surface area contributed by atoms with Crippen LogP contribution in [0.25, 0.3) is 0 Å². The van der Waals surface area contributed by atoms with Gasteiger partial charge in [0.25, 0.3) is 11.6 Å². The van der Waals surface area contributed by atoms with E-state index in [-0.39, 0.29) is 16.5 Å². The first-order valence-electron chi connectivity index (χ1n) is 7.72. The number of nitro groups is 1. The monoisotopic (exact) mass is 377 g/mol. The van der Waals surface area contributed by atoms with Gasteiger partial charge in [-0.15, -0.1) is 0 Å². The number of non-ortho nitro benzene ring substituents is 1. The molecule has 9 heteroatoms. The van der Waals surface area contributed by atoms with E-state index in [4.69, 9.17) is 0 Å². The largest absolute Gasteiger partial charge is 0.335 e. The summed E-state index contributed by atoms with van der Waals surface area (Å²) in [6.07, 6.45) is 0. The summed E-state index contributed by atoms with van der Waals surface area (Å²) in [4.78, 5) is 24.6. The van der Waals surface area contributed by atoms with E-state index < -0.39 is 21.0 Å². The molecule has 1 N–H and O–H groups in total. The van der Waals surface area contributed by atoms with Crippen LogP contribution in [0.2, 0.25) is 0 Å². The van der Waals surface area contributed by atoms with E-state index in [1.54, 1.807) is 26.1 Å². The molecule has 0 aromatic heterocycles. The van der Waals surface area contributed by atoms with Crippen molar-refractivity contribution in [2.75, 3.05) is 14.1 Å². The van der Waals surface area contributed by atoms with Crippen molar-refractivity contribution in [2.24, 2.45) is 0 Å². The molecule has 0 spiro atoms. The second-order valence-electron chi connectivity index (χ2n) is 5.68. The quantitative estimate of drug-likeness (QED) is 0.614. The Kier molecular flexibility index (Phi) is 5.73. The van der Waals surface area contributed by atoms with Crippen LogP contribution in [0.5, 0.6) is 0 Å². The van der Waals surface area contributed by atoms with Crippen molar-refractivity contribution < 1.29 is 18.1 Å². The number of hydrogen-bond acceptors (Lipinski definition) is 5. The minimum Gasteiger partial charge on any atom is -0.335 e. The molecule has 1 atom stereocenters. The van der Waals surface area contributed by atoms with E-state index >= 15 is 0 Å². The van der Waals surface area contributed by atoms with Crippen molar-refractivity contribution in [3.05, 3.63) is 69.8 Å². The Balaban J connectivity index is 2.23. The van der Waals surface area contributed by atoms with Gasteiger partial charge in [0.1, 0.15) is 0 Å². The molecular formula is C17H19N3O5S. The van der Waals surface area contributed by atoms with Gasteiger partial charge in [-0.05, 0) is 43.8 Å². The Bertz CT molecular complexity index is 926. The molecule has 0 fully saturated rings. The van der Waals surface area contributed by atoms with E-state index in [0.29, 0.717) is 11.1 Å². The fraction of sp³-hybridized carbons (Fsp3) is 0.235. The predicted octanol–water partition coefficient (Wildman–Crippen LogP) is 2.34. The standard InChI is InChI=1S/C17H19N3O5S/c1-12(14-5-4-6-15(11-14)20(22)23)19(3)17(21)13-7-9-16(10-8-13)26(24,25)18-2/h4-12,18H,1-3H3. The highest BCUT2D eigenvalue weighted by molar-refractivity contribution is 7.89. The molecule has 138 valence electrons. The fourth-order valence-corrected chi connectivity index (χ4v) is 3.13. The van der Waals surface area contributed by atoms with Crippen LogP contribution in [0.1, 0.15) is 28.9 Å². The van der Waals surface area contributed by atoms with Crippen molar-refractivity contribution in [1.29, 1.82) is 0 Å². The highest BCUT2D eigenvalue weighted by atomic mass is 32.2. The average molecular weight is 377 g/mol. The number of nitrogens with zero attached hydrogens (tertiary/aromatic N) is 2. The van der Waals surface area contributed by atoms with Crippen molar-refractivity contribution in [1.82, 2.24) is 9.62 Å². The summed E-state index contributed by atoms with van der Waals surface area (Å²) in [5.41, 5.74) is 0.904. The molecule has 0 aliphatic carbocycles. The van der Waals surface area contributed by atoms with Crippen molar-refractivity contribution in [3.8, 4) is 0 Å². The molecule has 0 aliphatic rings. The normalized spacial score (nSPS) is 12.4. The Morgan fingerprint density at radius 2 is 1.81 bits per heavy atom. The highest BCUT2D eigenvalue weighted by Crippen LogP contribution is 2.24. The fourth-order valence-electron chi connectivity index (χ4n) is 2.40. The van der Waals surface area contributed by atoms with Crippen LogP contribution in [0.15, 0.2) is 53.4 Å². The number of carbonyl (C=O) groups excluding carboxylic acids is 1. The van der Waals surface area contributed by atoms with Gasteiger partial charge in [0.15, 0.2) is 0 Å². The summed E-state index contributed by atoms with van der Waals surface area (Å²) in [6.45, 7) is 1.76. The molecule has 0 saturated heterocycles. The Hall–Kier alpha value is -2.78. The second-order valence-corrected chi connectivity index (χ2v) is 7.56. The lowest BCUT2D eigenvalue weighted by molar-refractivity contribution is -0.384. The smallest absolute Gasteiger partial charge is 0.269 e. The van der Waals surface area contributed by atoms with Gasteiger partial charge in [-0.3, -0.25) is 14.9 Å². The van der Waals surface area contributed by atoms with Crippen molar-refractivity contribution in [3.63, 3.8) is 0 Å². The zero-order chi connectivity index (χ0) is 19.5. The number of sulfonamides is 1. The van der Waals surface area contributed by atoms with Crippen LogP contribution in [0, 0.1) is 10.1 Å². The van der Waals surface area contributed by atoms with Crippen LogP contribution < -0.4 is 4.72 Å². The number of rotatable bonds is 6. The van der Waals surface area contributed by atoms with Crippen LogP contribution in [0.3, 0.4) is 0 Å². The molecule has 8 nitrogen and oxygen atoms in total. The highest BCUT2D eigenvalue weighted by Gasteiger charge is 2.21. The predicted molar refractivity (Wildman–Crippen MR) is 96.3 cm³/mol. The number of amides is 1. The first-order chi connectivity index (χ1) is 12.2. The summed E-state index contributed by atoms with van der Waals surface area (Å²) in [6, 6.07) is 11.3. The number of carbonyl (C=O) groups is 1. The first kappa shape index (κ1) is 19.5. The second kappa shape index (κ2) is 7.63. The molecular weight excluding hydrogens is 358 g/mol.